The SMILES string of the molecule is O=[N+]([O-])c1ccccc1S(=O)(=O)n1ccc2ncc(Br)cc21. The number of pyridine rings is 1. The second kappa shape index (κ2) is 5.18. The van der Waals surface area contributed by atoms with Crippen LogP contribution in [0, 0.1) is 10.1 Å². The minimum Gasteiger partial charge on any atom is -0.258 e. The fourth-order valence-corrected chi connectivity index (χ4v) is 3.92. The highest BCUT2D eigenvalue weighted by molar-refractivity contribution is 9.10. The number of hydrogen-bond acceptors (Lipinski definition) is 5. The minimum absolute atomic E-state index is 0.340. The molecule has 0 aliphatic heterocycles. The number of benzene rings is 1. The van der Waals surface area contributed by atoms with E-state index < -0.39 is 20.6 Å². The molecular formula is C13H8BrN3O4S. The maximum Gasteiger partial charge on any atom is 0.289 e. The van der Waals surface area contributed by atoms with Gasteiger partial charge in [0.1, 0.15) is 0 Å². The third kappa shape index (κ3) is 2.28. The molecular weight excluding hydrogens is 374 g/mol. The Labute approximate surface area is 133 Å². The van der Waals surface area contributed by atoms with Crippen LogP contribution in [0.5, 0.6) is 0 Å². The third-order valence-corrected chi connectivity index (χ3v) is 5.24. The van der Waals surface area contributed by atoms with Crippen LogP contribution in [-0.2, 0) is 10.0 Å². The Morgan fingerprint density at radius 1 is 1.23 bits per heavy atom. The first-order chi connectivity index (χ1) is 10.4. The highest BCUT2D eigenvalue weighted by atomic mass is 79.9. The summed E-state index contributed by atoms with van der Waals surface area (Å²) in [6.45, 7) is 0. The standard InChI is InChI=1S/C13H8BrN3O4S/c14-9-7-12-10(15-8-9)5-6-16(12)22(20,21)13-4-2-1-3-11(13)17(18)19/h1-8H. The molecule has 0 saturated heterocycles. The molecule has 9 heteroatoms. The van der Waals surface area contributed by atoms with Gasteiger partial charge in [0.2, 0.25) is 0 Å². The van der Waals surface area contributed by atoms with Gasteiger partial charge >= 0.3 is 0 Å². The number of nitro benzene ring substituents is 1. The van der Waals surface area contributed by atoms with Crippen LogP contribution in [0.3, 0.4) is 0 Å². The van der Waals surface area contributed by atoms with E-state index in [9.17, 15) is 18.5 Å². The average Bonchev–Trinajstić information content (AvgIpc) is 2.90. The van der Waals surface area contributed by atoms with Crippen molar-refractivity contribution in [2.24, 2.45) is 0 Å². The molecule has 0 bridgehead atoms. The van der Waals surface area contributed by atoms with Gasteiger partial charge in [-0.1, -0.05) is 12.1 Å². The van der Waals surface area contributed by atoms with Crippen molar-refractivity contribution >= 4 is 42.7 Å². The maximum atomic E-state index is 12.8. The van der Waals surface area contributed by atoms with E-state index in [4.69, 9.17) is 0 Å². The van der Waals surface area contributed by atoms with Crippen LogP contribution in [-0.4, -0.2) is 22.3 Å². The van der Waals surface area contributed by atoms with E-state index in [0.29, 0.717) is 15.5 Å². The maximum absolute atomic E-state index is 12.8. The van der Waals surface area contributed by atoms with Crippen LogP contribution in [0.15, 0.2) is 58.2 Å². The summed E-state index contributed by atoms with van der Waals surface area (Å²) in [5.74, 6) is 0. The predicted octanol–water partition coefficient (Wildman–Crippen LogP) is 2.94. The quantitative estimate of drug-likeness (QED) is 0.513. The number of hydrogen-bond donors (Lipinski definition) is 0. The molecule has 3 aromatic rings. The zero-order chi connectivity index (χ0) is 15.9. The number of rotatable bonds is 3. The normalized spacial score (nSPS) is 11.7. The first-order valence-electron chi connectivity index (χ1n) is 6.03. The first-order valence-corrected chi connectivity index (χ1v) is 8.26. The lowest BCUT2D eigenvalue weighted by atomic mass is 10.3. The topological polar surface area (TPSA) is 95.1 Å². The van der Waals surface area contributed by atoms with E-state index in [1.54, 1.807) is 12.3 Å². The van der Waals surface area contributed by atoms with Gasteiger partial charge in [-0.05, 0) is 34.1 Å². The molecule has 22 heavy (non-hydrogen) atoms. The second-order valence-corrected chi connectivity index (χ2v) is 7.10. The van der Waals surface area contributed by atoms with Crippen LogP contribution in [0.2, 0.25) is 0 Å². The van der Waals surface area contributed by atoms with Gasteiger partial charge in [-0.3, -0.25) is 15.1 Å². The molecule has 112 valence electrons. The van der Waals surface area contributed by atoms with Crippen LogP contribution >= 0.6 is 15.9 Å². The molecule has 0 amide bonds. The predicted molar refractivity (Wildman–Crippen MR) is 83.1 cm³/mol. The molecule has 0 spiro atoms. The summed E-state index contributed by atoms with van der Waals surface area (Å²) in [7, 11) is -4.10. The Bertz CT molecular complexity index is 997. The van der Waals surface area contributed by atoms with Gasteiger partial charge < -0.3 is 0 Å². The number of aromatic nitrogens is 2. The van der Waals surface area contributed by atoms with Gasteiger partial charge in [0.25, 0.3) is 15.7 Å². The lowest BCUT2D eigenvalue weighted by molar-refractivity contribution is -0.387. The Morgan fingerprint density at radius 2 is 1.95 bits per heavy atom. The summed E-state index contributed by atoms with van der Waals surface area (Å²) in [4.78, 5) is 14.1. The van der Waals surface area contributed by atoms with Gasteiger partial charge in [0, 0.05) is 22.9 Å². The van der Waals surface area contributed by atoms with Gasteiger partial charge in [-0.2, -0.15) is 0 Å². The molecule has 0 aliphatic rings. The fourth-order valence-electron chi connectivity index (χ4n) is 2.10. The second-order valence-electron chi connectivity index (χ2n) is 4.40. The van der Waals surface area contributed by atoms with Crippen LogP contribution in [0.1, 0.15) is 0 Å². The third-order valence-electron chi connectivity index (χ3n) is 3.07. The van der Waals surface area contributed by atoms with Crippen LogP contribution in [0.25, 0.3) is 11.0 Å². The molecule has 0 N–H and O–H groups in total. The molecule has 2 heterocycles. The molecule has 0 unspecified atom stereocenters. The number of nitrogens with zero attached hydrogens (tertiary/aromatic N) is 3. The monoisotopic (exact) mass is 381 g/mol. The van der Waals surface area contributed by atoms with E-state index in [1.807, 2.05) is 0 Å². The fraction of sp³-hybridized carbons (Fsp3) is 0. The molecule has 3 rings (SSSR count). The van der Waals surface area contributed by atoms with Crippen molar-refractivity contribution in [3.8, 4) is 0 Å². The van der Waals surface area contributed by atoms with E-state index >= 15 is 0 Å². The minimum atomic E-state index is -4.10. The zero-order valence-electron chi connectivity index (χ0n) is 10.9. The van der Waals surface area contributed by atoms with Gasteiger partial charge in [0.05, 0.1) is 16.0 Å². The van der Waals surface area contributed by atoms with Crippen molar-refractivity contribution < 1.29 is 13.3 Å². The van der Waals surface area contributed by atoms with Crippen molar-refractivity contribution in [3.05, 3.63) is 63.4 Å². The van der Waals surface area contributed by atoms with E-state index in [-0.39, 0.29) is 4.90 Å². The average molecular weight is 382 g/mol. The molecule has 1 aromatic carbocycles. The number of fused-ring (bicyclic) bond motifs is 1. The largest absolute Gasteiger partial charge is 0.289 e. The lowest BCUT2D eigenvalue weighted by Gasteiger charge is -2.08. The van der Waals surface area contributed by atoms with E-state index in [0.717, 1.165) is 10.0 Å². The number of nitro groups is 1. The van der Waals surface area contributed by atoms with Crippen molar-refractivity contribution in [1.29, 1.82) is 0 Å². The highest BCUT2D eigenvalue weighted by Crippen LogP contribution is 2.28. The molecule has 0 radical (unpaired) electrons. The summed E-state index contributed by atoms with van der Waals surface area (Å²) in [6.07, 6.45) is 2.88. The van der Waals surface area contributed by atoms with E-state index in [2.05, 4.69) is 20.9 Å². The number of para-hydroxylation sites is 1. The van der Waals surface area contributed by atoms with Crippen molar-refractivity contribution in [3.63, 3.8) is 0 Å². The summed E-state index contributed by atoms with van der Waals surface area (Å²) in [6, 6.07) is 8.36. The van der Waals surface area contributed by atoms with Crippen molar-refractivity contribution in [2.75, 3.05) is 0 Å². The molecule has 2 aromatic heterocycles. The highest BCUT2D eigenvalue weighted by Gasteiger charge is 2.27. The smallest absolute Gasteiger partial charge is 0.258 e. The Morgan fingerprint density at radius 3 is 2.68 bits per heavy atom. The Balaban J connectivity index is 2.30. The Hall–Kier alpha value is -2.26. The van der Waals surface area contributed by atoms with Crippen molar-refractivity contribution in [2.45, 2.75) is 4.90 Å². The van der Waals surface area contributed by atoms with E-state index in [1.165, 1.54) is 30.5 Å². The number of halogens is 1. The Kier molecular flexibility index (Phi) is 3.45. The summed E-state index contributed by atoms with van der Waals surface area (Å²) in [5.41, 5.74) is 0.352. The van der Waals surface area contributed by atoms with Crippen molar-refractivity contribution in [1.82, 2.24) is 8.96 Å². The summed E-state index contributed by atoms with van der Waals surface area (Å²) in [5, 5.41) is 11.1. The van der Waals surface area contributed by atoms with Crippen LogP contribution in [0.4, 0.5) is 5.69 Å². The first kappa shape index (κ1) is 14.7. The van der Waals surface area contributed by atoms with Gasteiger partial charge in [-0.25, -0.2) is 12.4 Å². The zero-order valence-corrected chi connectivity index (χ0v) is 13.3. The van der Waals surface area contributed by atoms with Gasteiger partial charge in [0.15, 0.2) is 4.90 Å². The molecule has 0 saturated carbocycles. The molecule has 7 nitrogen and oxygen atoms in total. The summed E-state index contributed by atoms with van der Waals surface area (Å²) < 4.78 is 27.1. The lowest BCUT2D eigenvalue weighted by Crippen LogP contribution is -2.13. The molecule has 0 fully saturated rings. The van der Waals surface area contributed by atoms with Gasteiger partial charge in [-0.15, -0.1) is 0 Å². The molecule has 0 atom stereocenters. The van der Waals surface area contributed by atoms with Crippen LogP contribution < -0.4 is 0 Å². The summed E-state index contributed by atoms with van der Waals surface area (Å²) >= 11 is 3.23. The molecule has 0 aliphatic carbocycles.